The zero-order valence-corrected chi connectivity index (χ0v) is 16.3. The quantitative estimate of drug-likeness (QED) is 0.603. The fourth-order valence-corrected chi connectivity index (χ4v) is 3.01. The van der Waals surface area contributed by atoms with Gasteiger partial charge >= 0.3 is 0 Å². The fraction of sp³-hybridized carbons (Fsp3) is 0.227. The molecule has 3 aromatic rings. The maximum absolute atomic E-state index is 6.16. The Hall–Kier alpha value is -3.41. The number of rotatable bonds is 7. The van der Waals surface area contributed by atoms with Crippen molar-refractivity contribution in [1.82, 2.24) is 4.98 Å². The van der Waals surface area contributed by atoms with Crippen molar-refractivity contribution in [2.75, 3.05) is 25.7 Å². The highest BCUT2D eigenvalue weighted by Crippen LogP contribution is 2.36. The lowest BCUT2D eigenvalue weighted by Crippen LogP contribution is -2.05. The van der Waals surface area contributed by atoms with Crippen LogP contribution in [0.5, 0.6) is 17.4 Å². The summed E-state index contributed by atoms with van der Waals surface area (Å²) in [5.74, 6) is 1.96. The Labute approximate surface area is 165 Å². The summed E-state index contributed by atoms with van der Waals surface area (Å²) >= 11 is 0. The van der Waals surface area contributed by atoms with Gasteiger partial charge in [0, 0.05) is 23.7 Å². The second-order valence-corrected chi connectivity index (χ2v) is 6.48. The molecule has 0 fully saturated rings. The molecule has 6 nitrogen and oxygen atoms in total. The van der Waals surface area contributed by atoms with E-state index in [-0.39, 0.29) is 5.92 Å². The zero-order chi connectivity index (χ0) is 20.1. The van der Waals surface area contributed by atoms with Crippen LogP contribution >= 0.6 is 0 Å². The number of nitrogens with zero attached hydrogens (tertiary/aromatic N) is 1. The highest BCUT2D eigenvalue weighted by Gasteiger charge is 2.16. The van der Waals surface area contributed by atoms with Crippen LogP contribution in [-0.4, -0.2) is 19.2 Å². The van der Waals surface area contributed by atoms with Gasteiger partial charge in [-0.25, -0.2) is 4.98 Å². The van der Waals surface area contributed by atoms with Crippen LogP contribution in [0.2, 0.25) is 0 Å². The summed E-state index contributed by atoms with van der Waals surface area (Å²) in [6.45, 7) is 2.47. The first kappa shape index (κ1) is 19.4. The number of nitrogens with two attached hydrogens (primary N) is 2. The molecule has 0 saturated heterocycles. The number of nitrogen functional groups attached to an aromatic ring is 2. The van der Waals surface area contributed by atoms with Gasteiger partial charge in [-0.1, -0.05) is 25.1 Å². The molecule has 28 heavy (non-hydrogen) atoms. The Morgan fingerprint density at radius 2 is 1.79 bits per heavy atom. The maximum atomic E-state index is 6.16. The van der Waals surface area contributed by atoms with Crippen LogP contribution < -0.4 is 25.7 Å². The second kappa shape index (κ2) is 8.52. The molecular formula is C22H25N3O3. The second-order valence-electron chi connectivity index (χ2n) is 6.48. The summed E-state index contributed by atoms with van der Waals surface area (Å²) in [6.07, 6.45) is 1.73. The predicted octanol–water partition coefficient (Wildman–Crippen LogP) is 3.99. The first-order chi connectivity index (χ1) is 13.5. The molecule has 0 radical (unpaired) electrons. The Bertz CT molecular complexity index is 942. The lowest BCUT2D eigenvalue weighted by Gasteiger charge is -2.18. The molecule has 146 valence electrons. The average molecular weight is 379 g/mol. The van der Waals surface area contributed by atoms with Gasteiger partial charge in [-0.15, -0.1) is 0 Å². The summed E-state index contributed by atoms with van der Waals surface area (Å²) in [7, 11) is 3.21. The van der Waals surface area contributed by atoms with E-state index in [1.807, 2.05) is 36.4 Å². The maximum Gasteiger partial charge on any atom is 0.212 e. The molecule has 1 aromatic heterocycles. The molecule has 0 bridgehead atoms. The molecule has 0 aliphatic rings. The summed E-state index contributed by atoms with van der Waals surface area (Å²) in [6, 6.07) is 15.3. The van der Waals surface area contributed by atoms with Crippen molar-refractivity contribution in [3.8, 4) is 17.4 Å². The molecule has 3 rings (SSSR count). The lowest BCUT2D eigenvalue weighted by molar-refractivity contribution is 0.283. The highest BCUT2D eigenvalue weighted by molar-refractivity contribution is 5.69. The van der Waals surface area contributed by atoms with Crippen LogP contribution in [0.15, 0.2) is 54.7 Å². The van der Waals surface area contributed by atoms with E-state index in [4.69, 9.17) is 25.7 Å². The van der Waals surface area contributed by atoms with E-state index in [1.165, 1.54) is 0 Å². The Morgan fingerprint density at radius 3 is 2.46 bits per heavy atom. The minimum atomic E-state index is 0.0669. The Balaban J connectivity index is 1.78. The minimum absolute atomic E-state index is 0.0669. The van der Waals surface area contributed by atoms with E-state index in [1.54, 1.807) is 32.5 Å². The van der Waals surface area contributed by atoms with E-state index < -0.39 is 0 Å². The molecule has 0 aliphatic carbocycles. The van der Waals surface area contributed by atoms with Gasteiger partial charge in [0.05, 0.1) is 25.6 Å². The molecule has 0 saturated carbocycles. The number of ether oxygens (including phenoxy) is 3. The van der Waals surface area contributed by atoms with Crippen LogP contribution in [0.1, 0.15) is 29.5 Å². The molecule has 6 heteroatoms. The van der Waals surface area contributed by atoms with E-state index >= 15 is 0 Å². The zero-order valence-electron chi connectivity index (χ0n) is 16.3. The van der Waals surface area contributed by atoms with Gasteiger partial charge in [0.15, 0.2) is 11.5 Å². The van der Waals surface area contributed by atoms with Crippen molar-refractivity contribution in [3.63, 3.8) is 0 Å². The molecule has 0 amide bonds. The number of para-hydroxylation sites is 1. The van der Waals surface area contributed by atoms with Gasteiger partial charge in [0.25, 0.3) is 0 Å². The van der Waals surface area contributed by atoms with Gasteiger partial charge in [0.1, 0.15) is 6.61 Å². The fourth-order valence-electron chi connectivity index (χ4n) is 3.01. The normalized spacial score (nSPS) is 11.7. The van der Waals surface area contributed by atoms with Crippen molar-refractivity contribution in [1.29, 1.82) is 0 Å². The van der Waals surface area contributed by atoms with Crippen molar-refractivity contribution >= 4 is 11.4 Å². The largest absolute Gasteiger partial charge is 0.493 e. The topological polar surface area (TPSA) is 92.6 Å². The first-order valence-electron chi connectivity index (χ1n) is 8.97. The van der Waals surface area contributed by atoms with E-state index in [9.17, 15) is 0 Å². The number of hydrogen-bond acceptors (Lipinski definition) is 6. The van der Waals surface area contributed by atoms with E-state index in [0.29, 0.717) is 35.4 Å². The average Bonchev–Trinajstić information content (AvgIpc) is 2.74. The highest BCUT2D eigenvalue weighted by atomic mass is 16.5. The van der Waals surface area contributed by atoms with E-state index in [0.717, 1.165) is 16.7 Å². The van der Waals surface area contributed by atoms with Crippen LogP contribution in [0.4, 0.5) is 11.4 Å². The van der Waals surface area contributed by atoms with Gasteiger partial charge in [0.2, 0.25) is 5.88 Å². The minimum Gasteiger partial charge on any atom is -0.493 e. The van der Waals surface area contributed by atoms with Crippen LogP contribution in [0.3, 0.4) is 0 Å². The standard InChI is InChI=1S/C22H25N3O3/c1-14(17-5-4-6-18(23)22(17)24)16-8-9-19(20(11-16)26-2)28-13-15-7-10-21(27-3)25-12-15/h4-12,14H,13,23-24H2,1-3H3. The number of methoxy groups -OCH3 is 2. The summed E-state index contributed by atoms with van der Waals surface area (Å²) < 4.78 is 16.5. The van der Waals surface area contributed by atoms with Gasteiger partial charge in [-0.05, 0) is 35.4 Å². The van der Waals surface area contributed by atoms with Crippen molar-refractivity contribution in [2.45, 2.75) is 19.4 Å². The van der Waals surface area contributed by atoms with Gasteiger partial charge in [-0.3, -0.25) is 0 Å². The predicted molar refractivity (Wildman–Crippen MR) is 111 cm³/mol. The number of pyridine rings is 1. The SMILES string of the molecule is COc1ccc(COc2ccc(C(C)c3cccc(N)c3N)cc2OC)cn1. The number of aromatic nitrogens is 1. The van der Waals surface area contributed by atoms with Crippen LogP contribution in [0.25, 0.3) is 0 Å². The van der Waals surface area contributed by atoms with Gasteiger partial charge in [-0.2, -0.15) is 0 Å². The van der Waals surface area contributed by atoms with E-state index in [2.05, 4.69) is 11.9 Å². The summed E-state index contributed by atoms with van der Waals surface area (Å²) in [5.41, 5.74) is 16.3. The molecule has 1 unspecified atom stereocenters. The van der Waals surface area contributed by atoms with Crippen molar-refractivity contribution < 1.29 is 14.2 Å². The third-order valence-corrected chi connectivity index (χ3v) is 4.73. The summed E-state index contributed by atoms with van der Waals surface area (Å²) in [5, 5.41) is 0. The smallest absolute Gasteiger partial charge is 0.212 e. The molecule has 0 spiro atoms. The molecule has 4 N–H and O–H groups in total. The third kappa shape index (κ3) is 4.11. The number of hydrogen-bond donors (Lipinski definition) is 2. The monoisotopic (exact) mass is 379 g/mol. The molecular weight excluding hydrogens is 354 g/mol. The van der Waals surface area contributed by atoms with Crippen molar-refractivity contribution in [3.05, 3.63) is 71.4 Å². The molecule has 2 aromatic carbocycles. The van der Waals surface area contributed by atoms with Crippen LogP contribution in [-0.2, 0) is 6.61 Å². The third-order valence-electron chi connectivity index (χ3n) is 4.73. The number of benzene rings is 2. The van der Waals surface area contributed by atoms with Gasteiger partial charge < -0.3 is 25.7 Å². The number of anilines is 2. The first-order valence-corrected chi connectivity index (χ1v) is 8.97. The Morgan fingerprint density at radius 1 is 0.964 bits per heavy atom. The summed E-state index contributed by atoms with van der Waals surface area (Å²) in [4.78, 5) is 4.18. The van der Waals surface area contributed by atoms with Crippen molar-refractivity contribution in [2.24, 2.45) is 0 Å². The Kier molecular flexibility index (Phi) is 5.89. The molecule has 1 atom stereocenters. The lowest BCUT2D eigenvalue weighted by atomic mass is 9.91. The molecule has 0 aliphatic heterocycles. The molecule has 1 heterocycles. The van der Waals surface area contributed by atoms with Crippen LogP contribution in [0, 0.1) is 0 Å².